The van der Waals surface area contributed by atoms with Crippen molar-refractivity contribution in [1.29, 1.82) is 0 Å². The number of carbonyl (C=O) groups is 3. The molecular formula is C11H17N3O5. The summed E-state index contributed by atoms with van der Waals surface area (Å²) < 4.78 is 0. The number of aliphatic carboxylic acids is 1. The van der Waals surface area contributed by atoms with Crippen LogP contribution in [0, 0.1) is 5.92 Å². The van der Waals surface area contributed by atoms with Gasteiger partial charge in [0, 0.05) is 13.1 Å². The molecule has 0 bridgehead atoms. The molecule has 8 nitrogen and oxygen atoms in total. The minimum atomic E-state index is -1.32. The fourth-order valence-corrected chi connectivity index (χ4v) is 2.62. The van der Waals surface area contributed by atoms with E-state index in [0.717, 1.165) is 6.42 Å². The summed E-state index contributed by atoms with van der Waals surface area (Å²) in [4.78, 5) is 35.8. The SMILES string of the molecule is O=C1NCC2C1CCCN2C(=O)N[C@@H](CO)C(=O)O. The van der Waals surface area contributed by atoms with Gasteiger partial charge < -0.3 is 25.7 Å². The lowest BCUT2D eigenvalue weighted by Crippen LogP contribution is -2.56. The number of urea groups is 1. The Hall–Kier alpha value is -1.83. The van der Waals surface area contributed by atoms with E-state index in [1.165, 1.54) is 4.90 Å². The molecule has 2 aliphatic rings. The summed E-state index contributed by atoms with van der Waals surface area (Å²) in [7, 11) is 0. The number of hydrogen-bond donors (Lipinski definition) is 4. The van der Waals surface area contributed by atoms with E-state index < -0.39 is 24.6 Å². The molecule has 2 saturated heterocycles. The number of rotatable bonds is 3. The van der Waals surface area contributed by atoms with E-state index in [9.17, 15) is 14.4 Å². The lowest BCUT2D eigenvalue weighted by molar-refractivity contribution is -0.140. The average Bonchev–Trinajstić information content (AvgIpc) is 2.77. The third kappa shape index (κ3) is 2.62. The summed E-state index contributed by atoms with van der Waals surface area (Å²) in [6.07, 6.45) is 1.45. The number of likely N-dealkylation sites (tertiary alicyclic amines) is 1. The Balaban J connectivity index is 2.02. The predicted octanol–water partition coefficient (Wildman–Crippen LogP) is -1.65. The molecule has 0 aliphatic carbocycles. The summed E-state index contributed by atoms with van der Waals surface area (Å²) >= 11 is 0. The lowest BCUT2D eigenvalue weighted by Gasteiger charge is -2.36. The maximum Gasteiger partial charge on any atom is 0.328 e. The molecular weight excluding hydrogens is 254 g/mol. The molecule has 2 unspecified atom stereocenters. The predicted molar refractivity (Wildman–Crippen MR) is 63.3 cm³/mol. The van der Waals surface area contributed by atoms with Crippen LogP contribution in [0.5, 0.6) is 0 Å². The number of nitrogens with zero attached hydrogens (tertiary/aromatic N) is 1. The zero-order valence-electron chi connectivity index (χ0n) is 10.3. The van der Waals surface area contributed by atoms with Crippen molar-refractivity contribution in [2.75, 3.05) is 19.7 Å². The van der Waals surface area contributed by atoms with Crippen molar-refractivity contribution in [3.05, 3.63) is 0 Å². The van der Waals surface area contributed by atoms with Crippen LogP contribution in [0.25, 0.3) is 0 Å². The highest BCUT2D eigenvalue weighted by Gasteiger charge is 2.43. The Bertz CT molecular complexity index is 400. The number of hydrogen-bond acceptors (Lipinski definition) is 4. The minimum Gasteiger partial charge on any atom is -0.480 e. The van der Waals surface area contributed by atoms with Crippen LogP contribution in [-0.2, 0) is 9.59 Å². The van der Waals surface area contributed by atoms with Crippen molar-refractivity contribution >= 4 is 17.9 Å². The van der Waals surface area contributed by atoms with Crippen LogP contribution in [0.2, 0.25) is 0 Å². The van der Waals surface area contributed by atoms with Crippen molar-refractivity contribution in [3.63, 3.8) is 0 Å². The minimum absolute atomic E-state index is 0.0561. The van der Waals surface area contributed by atoms with E-state index in [2.05, 4.69) is 10.6 Å². The third-order valence-corrected chi connectivity index (χ3v) is 3.64. The van der Waals surface area contributed by atoms with Crippen LogP contribution in [0.1, 0.15) is 12.8 Å². The van der Waals surface area contributed by atoms with Gasteiger partial charge in [0.25, 0.3) is 0 Å². The number of piperidine rings is 1. The molecule has 0 radical (unpaired) electrons. The van der Waals surface area contributed by atoms with E-state index in [1.54, 1.807) is 0 Å². The average molecular weight is 271 g/mol. The number of aliphatic hydroxyl groups excluding tert-OH is 1. The van der Waals surface area contributed by atoms with Crippen molar-refractivity contribution in [2.24, 2.45) is 5.92 Å². The maximum absolute atomic E-state index is 12.0. The first-order chi connectivity index (χ1) is 9.04. The molecule has 2 heterocycles. The van der Waals surface area contributed by atoms with Gasteiger partial charge >= 0.3 is 12.0 Å². The zero-order chi connectivity index (χ0) is 14.0. The maximum atomic E-state index is 12.0. The smallest absolute Gasteiger partial charge is 0.328 e. The standard InChI is InChI=1S/C11H17N3O5/c15-5-7(10(17)18)13-11(19)14-3-1-2-6-8(14)4-12-9(6)16/h6-8,15H,1-5H2,(H,12,16)(H,13,19)(H,17,18)/t6?,7-,8?/m0/s1. The quantitative estimate of drug-likeness (QED) is 0.490. The fourth-order valence-electron chi connectivity index (χ4n) is 2.62. The Morgan fingerprint density at radius 3 is 2.89 bits per heavy atom. The second-order valence-electron chi connectivity index (χ2n) is 4.78. The Kier molecular flexibility index (Phi) is 3.89. The van der Waals surface area contributed by atoms with Gasteiger partial charge in [-0.25, -0.2) is 9.59 Å². The summed E-state index contributed by atoms with van der Waals surface area (Å²) in [6, 6.07) is -2.10. The van der Waals surface area contributed by atoms with Gasteiger partial charge in [0.05, 0.1) is 18.6 Å². The normalized spacial score (nSPS) is 27.4. The van der Waals surface area contributed by atoms with Gasteiger partial charge in [-0.2, -0.15) is 0 Å². The number of carbonyl (C=O) groups excluding carboxylic acids is 2. The summed E-state index contributed by atoms with van der Waals surface area (Å²) in [5.74, 6) is -1.55. The van der Waals surface area contributed by atoms with E-state index in [-0.39, 0.29) is 17.9 Å². The summed E-state index contributed by atoms with van der Waals surface area (Å²) in [6.45, 7) is 0.216. The lowest BCUT2D eigenvalue weighted by atomic mass is 9.92. The highest BCUT2D eigenvalue weighted by atomic mass is 16.4. The first-order valence-electron chi connectivity index (χ1n) is 6.23. The van der Waals surface area contributed by atoms with Crippen molar-refractivity contribution in [3.8, 4) is 0 Å². The molecule has 2 aliphatic heterocycles. The zero-order valence-corrected chi connectivity index (χ0v) is 10.3. The molecule has 0 aromatic carbocycles. The monoisotopic (exact) mass is 271 g/mol. The number of fused-ring (bicyclic) bond motifs is 1. The van der Waals surface area contributed by atoms with Crippen LogP contribution < -0.4 is 10.6 Å². The fraction of sp³-hybridized carbons (Fsp3) is 0.727. The number of amides is 3. The number of nitrogens with one attached hydrogen (secondary N) is 2. The third-order valence-electron chi connectivity index (χ3n) is 3.64. The molecule has 19 heavy (non-hydrogen) atoms. The van der Waals surface area contributed by atoms with Gasteiger partial charge in [0.2, 0.25) is 5.91 Å². The van der Waals surface area contributed by atoms with Crippen LogP contribution in [-0.4, -0.2) is 64.8 Å². The molecule has 0 aromatic heterocycles. The first kappa shape index (κ1) is 13.6. The van der Waals surface area contributed by atoms with E-state index in [0.29, 0.717) is 19.5 Å². The van der Waals surface area contributed by atoms with E-state index in [4.69, 9.17) is 10.2 Å². The van der Waals surface area contributed by atoms with Gasteiger partial charge in [0.1, 0.15) is 0 Å². The van der Waals surface area contributed by atoms with Crippen LogP contribution in [0.4, 0.5) is 4.79 Å². The number of carboxylic acid groups (broad SMARTS) is 1. The second kappa shape index (κ2) is 5.43. The molecule has 0 aromatic rings. The molecule has 106 valence electrons. The molecule has 3 atom stereocenters. The van der Waals surface area contributed by atoms with Gasteiger partial charge in [-0.3, -0.25) is 4.79 Å². The highest BCUT2D eigenvalue weighted by Crippen LogP contribution is 2.27. The van der Waals surface area contributed by atoms with Crippen LogP contribution in [0.3, 0.4) is 0 Å². The second-order valence-corrected chi connectivity index (χ2v) is 4.78. The van der Waals surface area contributed by atoms with Crippen molar-refractivity contribution in [1.82, 2.24) is 15.5 Å². The first-order valence-corrected chi connectivity index (χ1v) is 6.23. The van der Waals surface area contributed by atoms with E-state index in [1.807, 2.05) is 0 Å². The van der Waals surface area contributed by atoms with Crippen LogP contribution in [0.15, 0.2) is 0 Å². The molecule has 2 fully saturated rings. The number of aliphatic hydroxyl groups is 1. The molecule has 0 spiro atoms. The molecule has 2 rings (SSSR count). The van der Waals surface area contributed by atoms with Crippen molar-refractivity contribution < 1.29 is 24.6 Å². The van der Waals surface area contributed by atoms with E-state index >= 15 is 0 Å². The molecule has 8 heteroatoms. The van der Waals surface area contributed by atoms with Gasteiger partial charge in [0.15, 0.2) is 6.04 Å². The molecule has 4 N–H and O–H groups in total. The largest absolute Gasteiger partial charge is 0.480 e. The highest BCUT2D eigenvalue weighted by molar-refractivity contribution is 5.86. The van der Waals surface area contributed by atoms with Gasteiger partial charge in [-0.05, 0) is 12.8 Å². The number of carboxylic acids is 1. The molecule has 0 saturated carbocycles. The van der Waals surface area contributed by atoms with Gasteiger partial charge in [-0.1, -0.05) is 0 Å². The summed E-state index contributed by atoms with van der Waals surface area (Å²) in [5.41, 5.74) is 0. The van der Waals surface area contributed by atoms with Gasteiger partial charge in [-0.15, -0.1) is 0 Å². The van der Waals surface area contributed by atoms with Crippen molar-refractivity contribution in [2.45, 2.75) is 24.9 Å². The Morgan fingerprint density at radius 1 is 1.53 bits per heavy atom. The Labute approximate surface area is 109 Å². The Morgan fingerprint density at radius 2 is 2.26 bits per heavy atom. The topological polar surface area (TPSA) is 119 Å². The summed E-state index contributed by atoms with van der Waals surface area (Å²) in [5, 5.41) is 22.7. The van der Waals surface area contributed by atoms with Crippen LogP contribution >= 0.6 is 0 Å². The molecule has 3 amide bonds.